The van der Waals surface area contributed by atoms with Gasteiger partial charge in [-0.1, -0.05) is 44.5 Å². The van der Waals surface area contributed by atoms with E-state index < -0.39 is 6.10 Å². The molecule has 1 aromatic rings. The Bertz CT molecular complexity index is 510. The van der Waals surface area contributed by atoms with Crippen LogP contribution in [0.15, 0.2) is 24.3 Å². The number of benzene rings is 1. The molecule has 1 unspecified atom stereocenters. The highest BCUT2D eigenvalue weighted by Gasteiger charge is 2.11. The lowest BCUT2D eigenvalue weighted by molar-refractivity contribution is 0.147. The molecule has 1 heterocycles. The second-order valence-electron chi connectivity index (χ2n) is 7.50. The van der Waals surface area contributed by atoms with Gasteiger partial charge in [0.25, 0.3) is 0 Å². The van der Waals surface area contributed by atoms with Crippen molar-refractivity contribution in [2.24, 2.45) is 5.92 Å². The van der Waals surface area contributed by atoms with Gasteiger partial charge in [0.15, 0.2) is 0 Å². The van der Waals surface area contributed by atoms with E-state index in [-0.39, 0.29) is 6.03 Å². The van der Waals surface area contributed by atoms with Crippen LogP contribution < -0.4 is 10.6 Å². The number of piperidine rings is 1. The molecular weight excluding hydrogens is 314 g/mol. The Labute approximate surface area is 151 Å². The maximum atomic E-state index is 11.8. The first-order chi connectivity index (χ1) is 12.0. The molecule has 1 atom stereocenters. The van der Waals surface area contributed by atoms with E-state index in [1.807, 2.05) is 0 Å². The second kappa shape index (κ2) is 10.4. The van der Waals surface area contributed by atoms with Crippen LogP contribution in [-0.2, 0) is 13.1 Å². The number of aliphatic hydroxyl groups excluding tert-OH is 1. The molecule has 0 spiro atoms. The highest BCUT2D eigenvalue weighted by Crippen LogP contribution is 2.13. The lowest BCUT2D eigenvalue weighted by atomic mass is 10.1. The molecule has 25 heavy (non-hydrogen) atoms. The van der Waals surface area contributed by atoms with E-state index in [0.717, 1.165) is 12.1 Å². The van der Waals surface area contributed by atoms with Gasteiger partial charge in [-0.3, -0.25) is 4.90 Å². The molecule has 2 rings (SSSR count). The third kappa shape index (κ3) is 7.88. The van der Waals surface area contributed by atoms with Crippen LogP contribution in [0.3, 0.4) is 0 Å². The average Bonchev–Trinajstić information content (AvgIpc) is 2.60. The van der Waals surface area contributed by atoms with Crippen LogP contribution in [0.5, 0.6) is 0 Å². The Hall–Kier alpha value is -1.59. The van der Waals surface area contributed by atoms with Crippen molar-refractivity contribution < 1.29 is 9.90 Å². The first-order valence-electron chi connectivity index (χ1n) is 9.53. The van der Waals surface area contributed by atoms with Gasteiger partial charge in [0.1, 0.15) is 0 Å². The molecule has 0 aliphatic carbocycles. The van der Waals surface area contributed by atoms with Crippen LogP contribution >= 0.6 is 0 Å². The Morgan fingerprint density at radius 2 is 1.72 bits per heavy atom. The van der Waals surface area contributed by atoms with Crippen molar-refractivity contribution in [3.63, 3.8) is 0 Å². The summed E-state index contributed by atoms with van der Waals surface area (Å²) in [5.74, 6) is 0.420. The van der Waals surface area contributed by atoms with Crippen molar-refractivity contribution in [2.75, 3.05) is 19.6 Å². The van der Waals surface area contributed by atoms with Crippen LogP contribution in [0.4, 0.5) is 4.79 Å². The zero-order valence-electron chi connectivity index (χ0n) is 15.6. The van der Waals surface area contributed by atoms with E-state index in [0.29, 0.717) is 25.4 Å². The molecule has 1 aromatic carbocycles. The summed E-state index contributed by atoms with van der Waals surface area (Å²) in [4.78, 5) is 14.3. The largest absolute Gasteiger partial charge is 0.391 e. The number of hydrogen-bond donors (Lipinski definition) is 3. The predicted molar refractivity (Wildman–Crippen MR) is 101 cm³/mol. The lowest BCUT2D eigenvalue weighted by Crippen LogP contribution is -2.39. The van der Waals surface area contributed by atoms with Gasteiger partial charge in [-0.05, 0) is 49.4 Å². The third-order valence-corrected chi connectivity index (χ3v) is 4.57. The van der Waals surface area contributed by atoms with Crippen molar-refractivity contribution in [1.29, 1.82) is 0 Å². The highest BCUT2D eigenvalue weighted by atomic mass is 16.3. The van der Waals surface area contributed by atoms with Gasteiger partial charge in [-0.2, -0.15) is 0 Å². The highest BCUT2D eigenvalue weighted by molar-refractivity contribution is 5.73. The van der Waals surface area contributed by atoms with Gasteiger partial charge in [0.05, 0.1) is 6.10 Å². The molecule has 2 amide bonds. The first-order valence-corrected chi connectivity index (χ1v) is 9.53. The SMILES string of the molecule is CC(C)CC(O)CNC(=O)NCc1ccc(CN2CCCCC2)cc1. The average molecular weight is 348 g/mol. The van der Waals surface area contributed by atoms with Crippen molar-refractivity contribution in [2.45, 2.75) is 58.7 Å². The fourth-order valence-corrected chi connectivity index (χ4v) is 3.22. The maximum absolute atomic E-state index is 11.8. The number of urea groups is 1. The van der Waals surface area contributed by atoms with E-state index in [2.05, 4.69) is 53.6 Å². The molecule has 1 aliphatic rings. The zero-order chi connectivity index (χ0) is 18.1. The Balaban J connectivity index is 1.67. The molecule has 0 radical (unpaired) electrons. The van der Waals surface area contributed by atoms with E-state index in [9.17, 15) is 9.90 Å². The number of amides is 2. The first kappa shape index (κ1) is 19.7. The molecule has 1 saturated heterocycles. The smallest absolute Gasteiger partial charge is 0.315 e. The molecule has 5 heteroatoms. The van der Waals surface area contributed by atoms with Crippen molar-refractivity contribution >= 4 is 6.03 Å². The summed E-state index contributed by atoms with van der Waals surface area (Å²) in [6, 6.07) is 8.21. The molecular formula is C20H33N3O2. The van der Waals surface area contributed by atoms with E-state index in [1.165, 1.54) is 37.9 Å². The van der Waals surface area contributed by atoms with Crippen molar-refractivity contribution in [3.05, 3.63) is 35.4 Å². The summed E-state index contributed by atoms with van der Waals surface area (Å²) in [6.45, 7) is 8.31. The number of rotatable bonds is 8. The standard InChI is InChI=1S/C20H33N3O2/c1-16(2)12-19(24)14-22-20(25)21-13-17-6-8-18(9-7-17)15-23-10-4-3-5-11-23/h6-9,16,19,24H,3-5,10-15H2,1-2H3,(H2,21,22,25). The minimum atomic E-state index is -0.486. The number of aliphatic hydroxyl groups is 1. The number of likely N-dealkylation sites (tertiary alicyclic amines) is 1. The van der Waals surface area contributed by atoms with Gasteiger partial charge >= 0.3 is 6.03 Å². The summed E-state index contributed by atoms with van der Waals surface area (Å²) in [6.07, 6.45) is 4.18. The van der Waals surface area contributed by atoms with Crippen LogP contribution in [0.1, 0.15) is 50.7 Å². The summed E-state index contributed by atoms with van der Waals surface area (Å²) >= 11 is 0. The predicted octanol–water partition coefficient (Wildman–Crippen LogP) is 2.88. The monoisotopic (exact) mass is 347 g/mol. The summed E-state index contributed by atoms with van der Waals surface area (Å²) in [7, 11) is 0. The Morgan fingerprint density at radius 1 is 1.08 bits per heavy atom. The van der Waals surface area contributed by atoms with Crippen molar-refractivity contribution in [3.8, 4) is 0 Å². The van der Waals surface area contributed by atoms with Gasteiger partial charge in [0, 0.05) is 19.6 Å². The minimum absolute atomic E-state index is 0.236. The number of carbonyl (C=O) groups is 1. The number of hydrogen-bond acceptors (Lipinski definition) is 3. The lowest BCUT2D eigenvalue weighted by Gasteiger charge is -2.26. The summed E-state index contributed by atoms with van der Waals surface area (Å²) in [5, 5.41) is 15.3. The van der Waals surface area contributed by atoms with Crippen LogP contribution in [0, 0.1) is 5.92 Å². The molecule has 5 nitrogen and oxygen atoms in total. The molecule has 0 saturated carbocycles. The maximum Gasteiger partial charge on any atom is 0.315 e. The molecule has 0 aromatic heterocycles. The van der Waals surface area contributed by atoms with Gasteiger partial charge in [-0.25, -0.2) is 4.79 Å². The quantitative estimate of drug-likeness (QED) is 0.677. The van der Waals surface area contributed by atoms with E-state index in [1.54, 1.807) is 0 Å². The Kier molecular flexibility index (Phi) is 8.22. The molecule has 1 fully saturated rings. The number of nitrogens with one attached hydrogen (secondary N) is 2. The fourth-order valence-electron chi connectivity index (χ4n) is 3.22. The van der Waals surface area contributed by atoms with Gasteiger partial charge in [-0.15, -0.1) is 0 Å². The van der Waals surface area contributed by atoms with Crippen molar-refractivity contribution in [1.82, 2.24) is 15.5 Å². The fraction of sp³-hybridized carbons (Fsp3) is 0.650. The van der Waals surface area contributed by atoms with Crippen LogP contribution in [0.25, 0.3) is 0 Å². The van der Waals surface area contributed by atoms with Crippen LogP contribution in [-0.4, -0.2) is 41.8 Å². The van der Waals surface area contributed by atoms with Crippen LogP contribution in [0.2, 0.25) is 0 Å². The van der Waals surface area contributed by atoms with E-state index in [4.69, 9.17) is 0 Å². The molecule has 140 valence electrons. The number of carbonyl (C=O) groups excluding carboxylic acids is 1. The van der Waals surface area contributed by atoms with E-state index >= 15 is 0 Å². The minimum Gasteiger partial charge on any atom is -0.391 e. The molecule has 1 aliphatic heterocycles. The van der Waals surface area contributed by atoms with Gasteiger partial charge < -0.3 is 15.7 Å². The molecule has 0 bridgehead atoms. The summed E-state index contributed by atoms with van der Waals surface area (Å²) < 4.78 is 0. The normalized spacial score (nSPS) is 16.6. The topological polar surface area (TPSA) is 64.6 Å². The molecule has 3 N–H and O–H groups in total. The number of nitrogens with zero attached hydrogens (tertiary/aromatic N) is 1. The van der Waals surface area contributed by atoms with Gasteiger partial charge in [0.2, 0.25) is 0 Å². The third-order valence-electron chi connectivity index (χ3n) is 4.57. The Morgan fingerprint density at radius 3 is 2.36 bits per heavy atom. The second-order valence-corrected chi connectivity index (χ2v) is 7.50. The summed E-state index contributed by atoms with van der Waals surface area (Å²) in [5.41, 5.74) is 2.41. The zero-order valence-corrected chi connectivity index (χ0v) is 15.6.